The molecule has 1 unspecified atom stereocenters. The number of fused-ring (bicyclic) bond motifs is 1. The number of allylic oxidation sites excluding steroid dienone is 2. The number of amides is 2. The fourth-order valence-corrected chi connectivity index (χ4v) is 3.73. The molecule has 0 aliphatic heterocycles. The Morgan fingerprint density at radius 3 is 2.74 bits per heavy atom. The monoisotopic (exact) mass is 426 g/mol. The first-order valence-electron chi connectivity index (χ1n) is 10.00. The average molecular weight is 426 g/mol. The van der Waals surface area contributed by atoms with Gasteiger partial charge in [-0.3, -0.25) is 10.3 Å². The van der Waals surface area contributed by atoms with Crippen molar-refractivity contribution in [3.05, 3.63) is 66.0 Å². The van der Waals surface area contributed by atoms with Crippen molar-refractivity contribution in [2.75, 3.05) is 10.6 Å². The number of urea groups is 1. The summed E-state index contributed by atoms with van der Waals surface area (Å²) in [6.07, 6.45) is 2.44. The molecule has 0 radical (unpaired) electrons. The fraction of sp³-hybridized carbons (Fsp3) is 0.261. The van der Waals surface area contributed by atoms with Gasteiger partial charge < -0.3 is 5.32 Å². The minimum atomic E-state index is -4.59. The maximum atomic E-state index is 12.8. The van der Waals surface area contributed by atoms with E-state index in [9.17, 15) is 18.0 Å². The normalized spacial score (nSPS) is 16.6. The van der Waals surface area contributed by atoms with Crippen LogP contribution in [0, 0.1) is 5.92 Å². The lowest BCUT2D eigenvalue weighted by Crippen LogP contribution is -2.21. The number of carbonyl (C=O) groups is 1. The Kier molecular flexibility index (Phi) is 5.63. The number of carbonyl (C=O) groups excluding carboxylic acids is 1. The fourth-order valence-electron chi connectivity index (χ4n) is 3.73. The number of halogens is 3. The predicted molar refractivity (Wildman–Crippen MR) is 115 cm³/mol. The van der Waals surface area contributed by atoms with Gasteiger partial charge in [0.1, 0.15) is 11.5 Å². The number of anilines is 2. The highest BCUT2D eigenvalue weighted by Crippen LogP contribution is 2.33. The first kappa shape index (κ1) is 20.8. The Morgan fingerprint density at radius 1 is 1.13 bits per heavy atom. The van der Waals surface area contributed by atoms with Crippen LogP contribution in [0.3, 0.4) is 0 Å². The molecule has 8 heteroatoms. The van der Waals surface area contributed by atoms with Crippen molar-refractivity contribution < 1.29 is 18.0 Å². The number of aromatic nitrogens is 2. The molecule has 2 N–H and O–H groups in total. The predicted octanol–water partition coefficient (Wildman–Crippen LogP) is 6.50. The molecule has 160 valence electrons. The van der Waals surface area contributed by atoms with Crippen LogP contribution >= 0.6 is 0 Å². The summed E-state index contributed by atoms with van der Waals surface area (Å²) in [5, 5.41) is 5.81. The van der Waals surface area contributed by atoms with Crippen molar-refractivity contribution in [2.45, 2.75) is 32.4 Å². The number of hydrogen-bond acceptors (Lipinski definition) is 3. The van der Waals surface area contributed by atoms with Gasteiger partial charge in [0.15, 0.2) is 0 Å². The van der Waals surface area contributed by atoms with Crippen LogP contribution in [0.25, 0.3) is 16.5 Å². The molecule has 0 fully saturated rings. The average Bonchev–Trinajstić information content (AvgIpc) is 2.73. The Labute approximate surface area is 177 Å². The summed E-state index contributed by atoms with van der Waals surface area (Å²) in [6.45, 7) is 2.23. The van der Waals surface area contributed by atoms with Crippen LogP contribution < -0.4 is 10.6 Å². The number of rotatable bonds is 3. The Balaban J connectivity index is 1.57. The number of nitrogens with zero attached hydrogens (tertiary/aromatic N) is 2. The zero-order chi connectivity index (χ0) is 22.0. The largest absolute Gasteiger partial charge is 0.433 e. The molecule has 1 aromatic carbocycles. The molecule has 0 bridgehead atoms. The topological polar surface area (TPSA) is 66.9 Å². The van der Waals surface area contributed by atoms with Crippen molar-refractivity contribution in [1.82, 2.24) is 9.97 Å². The van der Waals surface area contributed by atoms with Gasteiger partial charge in [0, 0.05) is 11.6 Å². The van der Waals surface area contributed by atoms with Gasteiger partial charge >= 0.3 is 12.2 Å². The SMILES string of the molecule is CC1CCC=C(c2ccc3nccc(NC(=O)Nc4cccc(C(F)(F)F)n4)c3c2)C1. The van der Waals surface area contributed by atoms with E-state index in [1.807, 2.05) is 18.2 Å². The van der Waals surface area contributed by atoms with E-state index in [0.717, 1.165) is 29.9 Å². The van der Waals surface area contributed by atoms with Gasteiger partial charge in [-0.25, -0.2) is 9.78 Å². The molecule has 3 aromatic rings. The lowest BCUT2D eigenvalue weighted by Gasteiger charge is -2.20. The van der Waals surface area contributed by atoms with Crippen LogP contribution in [-0.4, -0.2) is 16.0 Å². The van der Waals surface area contributed by atoms with Crippen molar-refractivity contribution in [1.29, 1.82) is 0 Å². The molecule has 1 aliphatic rings. The zero-order valence-electron chi connectivity index (χ0n) is 16.8. The molecule has 4 rings (SSSR count). The summed E-state index contributed by atoms with van der Waals surface area (Å²) in [6, 6.07) is 10.2. The molecule has 31 heavy (non-hydrogen) atoms. The van der Waals surface area contributed by atoms with Crippen molar-refractivity contribution >= 4 is 34.0 Å². The summed E-state index contributed by atoms with van der Waals surface area (Å²) in [5.41, 5.74) is 2.51. The van der Waals surface area contributed by atoms with Crippen molar-refractivity contribution in [3.8, 4) is 0 Å². The minimum Gasteiger partial charge on any atom is -0.307 e. The molecule has 2 amide bonds. The van der Waals surface area contributed by atoms with Gasteiger partial charge in [0.25, 0.3) is 0 Å². The van der Waals surface area contributed by atoms with E-state index < -0.39 is 17.9 Å². The molecular weight excluding hydrogens is 405 g/mol. The molecule has 1 aliphatic carbocycles. The summed E-state index contributed by atoms with van der Waals surface area (Å²) < 4.78 is 38.5. The van der Waals surface area contributed by atoms with Gasteiger partial charge in [-0.1, -0.05) is 25.1 Å². The van der Waals surface area contributed by atoms with Crippen molar-refractivity contribution in [3.63, 3.8) is 0 Å². The number of hydrogen-bond donors (Lipinski definition) is 2. The molecule has 5 nitrogen and oxygen atoms in total. The smallest absolute Gasteiger partial charge is 0.307 e. The number of pyridine rings is 2. The quantitative estimate of drug-likeness (QED) is 0.503. The zero-order valence-corrected chi connectivity index (χ0v) is 16.8. The van der Waals surface area contributed by atoms with E-state index in [0.29, 0.717) is 17.1 Å². The second-order valence-electron chi connectivity index (χ2n) is 7.69. The van der Waals surface area contributed by atoms with E-state index in [4.69, 9.17) is 0 Å². The van der Waals surface area contributed by atoms with Crippen LogP contribution in [0.15, 0.2) is 54.7 Å². The van der Waals surface area contributed by atoms with Gasteiger partial charge in [-0.05, 0) is 66.6 Å². The summed E-state index contributed by atoms with van der Waals surface area (Å²) in [4.78, 5) is 20.2. The molecule has 0 saturated carbocycles. The molecular formula is C23H21F3N4O. The van der Waals surface area contributed by atoms with Crippen LogP contribution in [0.4, 0.5) is 29.5 Å². The van der Waals surface area contributed by atoms with Crippen LogP contribution in [0.1, 0.15) is 37.4 Å². The van der Waals surface area contributed by atoms with Gasteiger partial charge in [0.05, 0.1) is 11.2 Å². The Morgan fingerprint density at radius 2 is 1.97 bits per heavy atom. The lowest BCUT2D eigenvalue weighted by molar-refractivity contribution is -0.141. The van der Waals surface area contributed by atoms with E-state index in [1.165, 1.54) is 24.1 Å². The van der Waals surface area contributed by atoms with Gasteiger partial charge in [-0.15, -0.1) is 0 Å². The Hall–Kier alpha value is -3.42. The number of alkyl halides is 3. The molecule has 0 spiro atoms. The van der Waals surface area contributed by atoms with E-state index in [2.05, 4.69) is 33.6 Å². The molecule has 0 saturated heterocycles. The van der Waals surface area contributed by atoms with E-state index in [-0.39, 0.29) is 5.82 Å². The van der Waals surface area contributed by atoms with Gasteiger partial charge in [0.2, 0.25) is 0 Å². The standard InChI is InChI=1S/C23H21F3N4O/c1-14-4-2-5-15(12-14)16-8-9-18-17(13-16)19(10-11-27-18)28-22(31)30-21-7-3-6-20(29-21)23(24,25)26/h3,5-11,13-14H,2,4,12H2,1H3,(H2,27,28,29,30,31). The highest BCUT2D eigenvalue weighted by Gasteiger charge is 2.32. The third-order valence-corrected chi connectivity index (χ3v) is 5.26. The third kappa shape index (κ3) is 4.84. The summed E-state index contributed by atoms with van der Waals surface area (Å²) >= 11 is 0. The molecule has 2 heterocycles. The van der Waals surface area contributed by atoms with Crippen LogP contribution in [-0.2, 0) is 6.18 Å². The minimum absolute atomic E-state index is 0.187. The second-order valence-corrected chi connectivity index (χ2v) is 7.69. The van der Waals surface area contributed by atoms with Crippen LogP contribution in [0.5, 0.6) is 0 Å². The van der Waals surface area contributed by atoms with Gasteiger partial charge in [-0.2, -0.15) is 13.2 Å². The third-order valence-electron chi connectivity index (χ3n) is 5.26. The first-order valence-corrected chi connectivity index (χ1v) is 10.00. The van der Waals surface area contributed by atoms with Crippen molar-refractivity contribution in [2.24, 2.45) is 5.92 Å². The maximum absolute atomic E-state index is 12.8. The van der Waals surface area contributed by atoms with E-state index in [1.54, 1.807) is 12.3 Å². The summed E-state index contributed by atoms with van der Waals surface area (Å²) in [7, 11) is 0. The lowest BCUT2D eigenvalue weighted by atomic mass is 9.86. The van der Waals surface area contributed by atoms with E-state index >= 15 is 0 Å². The number of nitrogens with one attached hydrogen (secondary N) is 2. The second kappa shape index (κ2) is 8.37. The maximum Gasteiger partial charge on any atom is 0.433 e. The molecule has 1 atom stereocenters. The Bertz CT molecular complexity index is 1160. The highest BCUT2D eigenvalue weighted by atomic mass is 19.4. The number of benzene rings is 1. The first-order chi connectivity index (χ1) is 14.8. The highest BCUT2D eigenvalue weighted by molar-refractivity contribution is 6.05. The molecule has 2 aromatic heterocycles. The van der Waals surface area contributed by atoms with Crippen LogP contribution in [0.2, 0.25) is 0 Å². The summed E-state index contributed by atoms with van der Waals surface area (Å²) in [5.74, 6) is 0.431.